The van der Waals surface area contributed by atoms with Crippen molar-refractivity contribution in [1.82, 2.24) is 14.8 Å². The van der Waals surface area contributed by atoms with Crippen molar-refractivity contribution in [1.29, 1.82) is 0 Å². The minimum atomic E-state index is -0.127. The Morgan fingerprint density at radius 3 is 2.57 bits per heavy atom. The van der Waals surface area contributed by atoms with Gasteiger partial charge in [0.2, 0.25) is 11.8 Å². The molecular formula is C20H19N5O2S. The van der Waals surface area contributed by atoms with Crippen molar-refractivity contribution in [2.45, 2.75) is 18.0 Å². The van der Waals surface area contributed by atoms with Crippen LogP contribution < -0.4 is 10.2 Å². The van der Waals surface area contributed by atoms with Gasteiger partial charge in [-0.1, -0.05) is 30.0 Å². The van der Waals surface area contributed by atoms with Gasteiger partial charge in [0.25, 0.3) is 0 Å². The van der Waals surface area contributed by atoms with Gasteiger partial charge in [0.05, 0.1) is 5.75 Å². The molecule has 0 atom stereocenters. The Morgan fingerprint density at radius 2 is 1.86 bits per heavy atom. The van der Waals surface area contributed by atoms with Gasteiger partial charge in [-0.2, -0.15) is 0 Å². The number of anilines is 2. The van der Waals surface area contributed by atoms with Crippen molar-refractivity contribution in [3.05, 3.63) is 60.9 Å². The van der Waals surface area contributed by atoms with Gasteiger partial charge in [0, 0.05) is 30.0 Å². The summed E-state index contributed by atoms with van der Waals surface area (Å²) < 4.78 is 1.85. The van der Waals surface area contributed by atoms with E-state index in [-0.39, 0.29) is 17.6 Å². The molecule has 2 aromatic carbocycles. The second-order valence-electron chi connectivity index (χ2n) is 6.35. The van der Waals surface area contributed by atoms with Crippen LogP contribution in [0.2, 0.25) is 0 Å². The van der Waals surface area contributed by atoms with E-state index in [1.807, 2.05) is 59.2 Å². The largest absolute Gasteiger partial charge is 0.325 e. The van der Waals surface area contributed by atoms with Crippen LogP contribution in [0.1, 0.15) is 12.8 Å². The molecule has 2 amide bonds. The molecule has 0 aliphatic carbocycles. The number of benzene rings is 2. The number of amides is 2. The number of nitrogens with one attached hydrogen (secondary N) is 1. The highest BCUT2D eigenvalue weighted by Gasteiger charge is 2.21. The Morgan fingerprint density at radius 1 is 1.07 bits per heavy atom. The van der Waals surface area contributed by atoms with E-state index in [4.69, 9.17) is 0 Å². The van der Waals surface area contributed by atoms with Crippen LogP contribution >= 0.6 is 11.8 Å². The Bertz CT molecular complexity index is 972. The van der Waals surface area contributed by atoms with Gasteiger partial charge in [-0.25, -0.2) is 0 Å². The Kier molecular flexibility index (Phi) is 5.38. The lowest BCUT2D eigenvalue weighted by atomic mass is 10.2. The van der Waals surface area contributed by atoms with Gasteiger partial charge in [-0.15, -0.1) is 10.2 Å². The molecule has 8 heteroatoms. The second-order valence-corrected chi connectivity index (χ2v) is 7.29. The molecular weight excluding hydrogens is 374 g/mol. The van der Waals surface area contributed by atoms with Crippen LogP contribution in [0.4, 0.5) is 11.4 Å². The molecule has 3 aromatic rings. The molecule has 7 nitrogen and oxygen atoms in total. The number of carbonyl (C=O) groups excluding carboxylic acids is 2. The Balaban J connectivity index is 1.34. The highest BCUT2D eigenvalue weighted by Crippen LogP contribution is 2.24. The number of rotatable bonds is 6. The van der Waals surface area contributed by atoms with Crippen LogP contribution in [0.25, 0.3) is 5.69 Å². The predicted molar refractivity (Wildman–Crippen MR) is 109 cm³/mol. The maximum Gasteiger partial charge on any atom is 0.234 e. The molecule has 1 N–H and O–H groups in total. The van der Waals surface area contributed by atoms with Crippen LogP contribution in [-0.4, -0.2) is 38.9 Å². The summed E-state index contributed by atoms with van der Waals surface area (Å²) in [5.41, 5.74) is 2.51. The smallest absolute Gasteiger partial charge is 0.234 e. The number of carbonyl (C=O) groups is 2. The first-order chi connectivity index (χ1) is 13.7. The summed E-state index contributed by atoms with van der Waals surface area (Å²) in [6.45, 7) is 0.753. The maximum absolute atomic E-state index is 12.3. The molecule has 1 aliphatic heterocycles. The SMILES string of the molecule is O=C(CSc1nncn1-c1ccccc1)Nc1ccc(N2CCCC2=O)cc1. The molecule has 0 unspecified atom stereocenters. The van der Waals surface area contributed by atoms with Crippen LogP contribution in [0.5, 0.6) is 0 Å². The van der Waals surface area contributed by atoms with Crippen LogP contribution in [0.15, 0.2) is 66.1 Å². The number of aromatic nitrogens is 3. The number of hydrogen-bond acceptors (Lipinski definition) is 5. The molecule has 0 spiro atoms. The lowest BCUT2D eigenvalue weighted by Crippen LogP contribution is -2.23. The van der Waals surface area contributed by atoms with Gasteiger partial charge in [0.15, 0.2) is 5.16 Å². The van der Waals surface area contributed by atoms with Gasteiger partial charge >= 0.3 is 0 Å². The fourth-order valence-electron chi connectivity index (χ4n) is 3.06. The first-order valence-electron chi connectivity index (χ1n) is 8.99. The summed E-state index contributed by atoms with van der Waals surface area (Å²) in [6, 6.07) is 17.1. The molecule has 142 valence electrons. The van der Waals surface area contributed by atoms with Crippen molar-refractivity contribution < 1.29 is 9.59 Å². The van der Waals surface area contributed by atoms with E-state index in [0.717, 1.165) is 24.3 Å². The summed E-state index contributed by atoms with van der Waals surface area (Å²) in [4.78, 5) is 25.9. The van der Waals surface area contributed by atoms with Crippen molar-refractivity contribution >= 4 is 35.0 Å². The van der Waals surface area contributed by atoms with Crippen LogP contribution in [-0.2, 0) is 9.59 Å². The Labute approximate surface area is 166 Å². The summed E-state index contributed by atoms with van der Waals surface area (Å²) >= 11 is 1.32. The number of nitrogens with zero attached hydrogens (tertiary/aromatic N) is 4. The van der Waals surface area contributed by atoms with E-state index in [0.29, 0.717) is 17.3 Å². The lowest BCUT2D eigenvalue weighted by Gasteiger charge is -2.16. The fourth-order valence-corrected chi connectivity index (χ4v) is 3.79. The van der Waals surface area contributed by atoms with Gasteiger partial charge < -0.3 is 10.2 Å². The minimum Gasteiger partial charge on any atom is -0.325 e. The Hall–Kier alpha value is -3.13. The molecule has 2 heterocycles. The highest BCUT2D eigenvalue weighted by atomic mass is 32.2. The molecule has 1 aliphatic rings. The number of para-hydroxylation sites is 1. The second kappa shape index (κ2) is 8.26. The average Bonchev–Trinajstić information content (AvgIpc) is 3.36. The zero-order valence-corrected chi connectivity index (χ0v) is 15.9. The van der Waals surface area contributed by atoms with Crippen molar-refractivity contribution in [3.63, 3.8) is 0 Å². The topological polar surface area (TPSA) is 80.1 Å². The first-order valence-corrected chi connectivity index (χ1v) is 9.98. The van der Waals surface area contributed by atoms with E-state index in [1.165, 1.54) is 11.8 Å². The molecule has 28 heavy (non-hydrogen) atoms. The molecule has 1 fully saturated rings. The highest BCUT2D eigenvalue weighted by molar-refractivity contribution is 7.99. The zero-order valence-electron chi connectivity index (χ0n) is 15.1. The van der Waals surface area contributed by atoms with E-state index < -0.39 is 0 Å². The van der Waals surface area contributed by atoms with Gasteiger partial charge in [-0.05, 0) is 42.8 Å². The molecule has 1 aromatic heterocycles. The summed E-state index contributed by atoms with van der Waals surface area (Å²) in [7, 11) is 0. The van der Waals surface area contributed by atoms with Crippen molar-refractivity contribution in [2.24, 2.45) is 0 Å². The molecule has 1 saturated heterocycles. The molecule has 4 rings (SSSR count). The molecule has 0 saturated carbocycles. The summed E-state index contributed by atoms with van der Waals surface area (Å²) in [5, 5.41) is 11.6. The quantitative estimate of drug-likeness (QED) is 0.651. The molecule has 0 bridgehead atoms. The monoisotopic (exact) mass is 393 g/mol. The van der Waals surface area contributed by atoms with Crippen LogP contribution in [0.3, 0.4) is 0 Å². The third kappa shape index (κ3) is 4.07. The maximum atomic E-state index is 12.3. The third-order valence-electron chi connectivity index (χ3n) is 4.42. The standard InChI is InChI=1S/C20H19N5O2S/c26-18(13-28-20-23-21-14-25(20)16-5-2-1-3-6-16)22-15-8-10-17(11-9-15)24-12-4-7-19(24)27/h1-3,5-6,8-11,14H,4,7,12-13H2,(H,22,26). The van der Waals surface area contributed by atoms with Gasteiger partial charge in [-0.3, -0.25) is 14.2 Å². The van der Waals surface area contributed by atoms with Crippen LogP contribution in [0, 0.1) is 0 Å². The zero-order chi connectivity index (χ0) is 19.3. The first kappa shape index (κ1) is 18.2. The van der Waals surface area contributed by atoms with E-state index in [9.17, 15) is 9.59 Å². The van der Waals surface area contributed by atoms with E-state index in [2.05, 4.69) is 15.5 Å². The van der Waals surface area contributed by atoms with E-state index >= 15 is 0 Å². The van der Waals surface area contributed by atoms with Gasteiger partial charge in [0.1, 0.15) is 6.33 Å². The summed E-state index contributed by atoms with van der Waals surface area (Å²) in [5.74, 6) is 0.242. The summed E-state index contributed by atoms with van der Waals surface area (Å²) in [6.07, 6.45) is 3.12. The predicted octanol–water partition coefficient (Wildman–Crippen LogP) is 3.12. The number of hydrogen-bond donors (Lipinski definition) is 1. The molecule has 0 radical (unpaired) electrons. The normalized spacial score (nSPS) is 13.7. The van der Waals surface area contributed by atoms with Crippen molar-refractivity contribution in [2.75, 3.05) is 22.5 Å². The van der Waals surface area contributed by atoms with E-state index in [1.54, 1.807) is 11.2 Å². The minimum absolute atomic E-state index is 0.127. The lowest BCUT2D eigenvalue weighted by molar-refractivity contribution is -0.117. The average molecular weight is 393 g/mol. The number of thioether (sulfide) groups is 1. The third-order valence-corrected chi connectivity index (χ3v) is 5.36. The fraction of sp³-hybridized carbons (Fsp3) is 0.200. The van der Waals surface area contributed by atoms with Crippen molar-refractivity contribution in [3.8, 4) is 5.69 Å².